The van der Waals surface area contributed by atoms with Crippen molar-refractivity contribution in [2.75, 3.05) is 11.9 Å². The SMILES string of the molecule is CCCNC1C(=O)Nc2cc(Sc3cccs3)c(Br)cc21. The Morgan fingerprint density at radius 3 is 3.05 bits per heavy atom. The highest BCUT2D eigenvalue weighted by molar-refractivity contribution is 9.10. The molecule has 0 bridgehead atoms. The Bertz CT molecular complexity index is 658. The number of amides is 1. The molecule has 3 rings (SSSR count). The van der Waals surface area contributed by atoms with Crippen LogP contribution in [0.5, 0.6) is 0 Å². The van der Waals surface area contributed by atoms with Crippen LogP contribution >= 0.6 is 39.0 Å². The first-order valence-electron chi connectivity index (χ1n) is 6.78. The predicted octanol–water partition coefficient (Wildman–Crippen LogP) is 4.65. The van der Waals surface area contributed by atoms with Crippen LogP contribution in [-0.4, -0.2) is 12.5 Å². The Labute approximate surface area is 140 Å². The van der Waals surface area contributed by atoms with Crippen LogP contribution in [0, 0.1) is 0 Å². The number of halogens is 1. The Kier molecular flexibility index (Phi) is 4.69. The third-order valence-electron chi connectivity index (χ3n) is 3.24. The summed E-state index contributed by atoms with van der Waals surface area (Å²) >= 11 is 7.05. The van der Waals surface area contributed by atoms with Crippen LogP contribution in [0.3, 0.4) is 0 Å². The average Bonchev–Trinajstić information content (AvgIpc) is 3.05. The van der Waals surface area contributed by atoms with Crippen LogP contribution in [0.2, 0.25) is 0 Å². The van der Waals surface area contributed by atoms with Crippen molar-refractivity contribution in [3.8, 4) is 0 Å². The zero-order valence-corrected chi connectivity index (χ0v) is 14.7. The van der Waals surface area contributed by atoms with E-state index >= 15 is 0 Å². The molecule has 3 nitrogen and oxygen atoms in total. The largest absolute Gasteiger partial charge is 0.324 e. The Morgan fingerprint density at radius 1 is 1.48 bits per heavy atom. The molecule has 6 heteroatoms. The summed E-state index contributed by atoms with van der Waals surface area (Å²) in [6, 6.07) is 8.00. The third kappa shape index (κ3) is 3.18. The first-order chi connectivity index (χ1) is 10.2. The summed E-state index contributed by atoms with van der Waals surface area (Å²) in [6.45, 7) is 2.93. The molecule has 1 unspecified atom stereocenters. The van der Waals surface area contributed by atoms with Crippen molar-refractivity contribution < 1.29 is 4.79 Å². The lowest BCUT2D eigenvalue weighted by molar-refractivity contribution is -0.117. The van der Waals surface area contributed by atoms with Gasteiger partial charge in [-0.15, -0.1) is 11.3 Å². The number of hydrogen-bond acceptors (Lipinski definition) is 4. The lowest BCUT2D eigenvalue weighted by Gasteiger charge is -2.11. The van der Waals surface area contributed by atoms with Crippen LogP contribution in [0.1, 0.15) is 24.9 Å². The lowest BCUT2D eigenvalue weighted by Crippen LogP contribution is -2.27. The van der Waals surface area contributed by atoms with E-state index in [1.807, 2.05) is 6.07 Å². The van der Waals surface area contributed by atoms with E-state index in [4.69, 9.17) is 0 Å². The van der Waals surface area contributed by atoms with E-state index in [2.05, 4.69) is 57.1 Å². The fraction of sp³-hybridized carbons (Fsp3) is 0.267. The van der Waals surface area contributed by atoms with Gasteiger partial charge in [0.25, 0.3) is 0 Å². The molecule has 0 radical (unpaired) electrons. The Hall–Kier alpha value is -0.820. The standard InChI is InChI=1S/C15H15BrN2OS2/c1-2-5-17-14-9-7-10(16)12(8-11(9)18-15(14)19)21-13-4-3-6-20-13/h3-4,6-8,14,17H,2,5H2,1H3,(H,18,19). The summed E-state index contributed by atoms with van der Waals surface area (Å²) in [4.78, 5) is 13.2. The van der Waals surface area contributed by atoms with Crippen molar-refractivity contribution in [3.05, 3.63) is 39.7 Å². The van der Waals surface area contributed by atoms with Crippen molar-refractivity contribution in [2.45, 2.75) is 28.5 Å². The Morgan fingerprint density at radius 2 is 2.33 bits per heavy atom. The molecule has 1 aliphatic heterocycles. The predicted molar refractivity (Wildman–Crippen MR) is 92.2 cm³/mol. The molecular weight excluding hydrogens is 368 g/mol. The monoisotopic (exact) mass is 382 g/mol. The average molecular weight is 383 g/mol. The first-order valence-corrected chi connectivity index (χ1v) is 9.27. The number of rotatable bonds is 5. The molecule has 21 heavy (non-hydrogen) atoms. The summed E-state index contributed by atoms with van der Waals surface area (Å²) in [6.07, 6.45) is 1.01. The van der Waals surface area contributed by atoms with Crippen LogP contribution in [0.4, 0.5) is 5.69 Å². The molecule has 0 saturated heterocycles. The smallest absolute Gasteiger partial charge is 0.246 e. The number of anilines is 1. The minimum atomic E-state index is -0.239. The molecule has 1 aliphatic rings. The van der Waals surface area contributed by atoms with Crippen LogP contribution in [-0.2, 0) is 4.79 Å². The van der Waals surface area contributed by atoms with Gasteiger partial charge in [0.05, 0.1) is 4.21 Å². The van der Waals surface area contributed by atoms with Gasteiger partial charge in [-0.05, 0) is 52.5 Å². The molecule has 110 valence electrons. The number of fused-ring (bicyclic) bond motifs is 1. The summed E-state index contributed by atoms with van der Waals surface area (Å²) in [5, 5.41) is 8.33. The van der Waals surface area contributed by atoms with Crippen LogP contribution in [0.15, 0.2) is 43.2 Å². The van der Waals surface area contributed by atoms with E-state index in [0.717, 1.165) is 33.6 Å². The fourth-order valence-corrected chi connectivity index (χ4v) is 4.64. The van der Waals surface area contributed by atoms with Gasteiger partial charge in [-0.2, -0.15) is 0 Å². The number of hydrogen-bond donors (Lipinski definition) is 2. The number of carbonyl (C=O) groups excluding carboxylic acids is 1. The maximum Gasteiger partial charge on any atom is 0.246 e. The van der Waals surface area contributed by atoms with Crippen LogP contribution in [0.25, 0.3) is 0 Å². The van der Waals surface area contributed by atoms with Gasteiger partial charge in [0, 0.05) is 20.6 Å². The molecular formula is C15H15BrN2OS2. The lowest BCUT2D eigenvalue weighted by atomic mass is 10.1. The molecule has 2 N–H and O–H groups in total. The third-order valence-corrected chi connectivity index (χ3v) is 6.25. The van der Waals surface area contributed by atoms with E-state index in [1.165, 1.54) is 4.21 Å². The molecule has 1 atom stereocenters. The molecule has 1 amide bonds. The highest BCUT2D eigenvalue weighted by Gasteiger charge is 2.30. The zero-order valence-electron chi connectivity index (χ0n) is 11.5. The molecule has 0 fully saturated rings. The van der Waals surface area contributed by atoms with Gasteiger partial charge in [-0.3, -0.25) is 4.79 Å². The second kappa shape index (κ2) is 6.52. The molecule has 0 aliphatic carbocycles. The van der Waals surface area contributed by atoms with Crippen molar-refractivity contribution in [1.82, 2.24) is 5.32 Å². The van der Waals surface area contributed by atoms with Gasteiger partial charge < -0.3 is 10.6 Å². The van der Waals surface area contributed by atoms with Gasteiger partial charge >= 0.3 is 0 Å². The Balaban J connectivity index is 1.88. The fourth-order valence-electron chi connectivity index (χ4n) is 2.26. The maximum atomic E-state index is 12.1. The quantitative estimate of drug-likeness (QED) is 0.790. The molecule has 2 heterocycles. The topological polar surface area (TPSA) is 41.1 Å². The highest BCUT2D eigenvalue weighted by Crippen LogP contribution is 2.42. The summed E-state index contributed by atoms with van der Waals surface area (Å²) in [7, 11) is 0. The normalized spacial score (nSPS) is 16.9. The summed E-state index contributed by atoms with van der Waals surface area (Å²) in [5.41, 5.74) is 1.94. The van der Waals surface area contributed by atoms with E-state index in [-0.39, 0.29) is 11.9 Å². The molecule has 2 aromatic rings. The number of thiophene rings is 1. The minimum absolute atomic E-state index is 0.0311. The molecule has 1 aromatic heterocycles. The van der Waals surface area contributed by atoms with Gasteiger partial charge in [0.2, 0.25) is 5.91 Å². The highest BCUT2D eigenvalue weighted by atomic mass is 79.9. The molecule has 0 spiro atoms. The molecule has 1 aromatic carbocycles. The van der Waals surface area contributed by atoms with Gasteiger partial charge in [0.1, 0.15) is 6.04 Å². The van der Waals surface area contributed by atoms with Crippen molar-refractivity contribution in [1.29, 1.82) is 0 Å². The van der Waals surface area contributed by atoms with Crippen molar-refractivity contribution in [3.63, 3.8) is 0 Å². The second-order valence-electron chi connectivity index (χ2n) is 4.78. The van der Waals surface area contributed by atoms with Crippen molar-refractivity contribution >= 4 is 50.6 Å². The van der Waals surface area contributed by atoms with Gasteiger partial charge in [-0.1, -0.05) is 24.8 Å². The number of benzene rings is 1. The second-order valence-corrected chi connectivity index (χ2v) is 7.92. The zero-order chi connectivity index (χ0) is 14.8. The summed E-state index contributed by atoms with van der Waals surface area (Å²) < 4.78 is 2.26. The van der Waals surface area contributed by atoms with Crippen molar-refractivity contribution in [2.24, 2.45) is 0 Å². The van der Waals surface area contributed by atoms with Gasteiger partial charge in [0.15, 0.2) is 0 Å². The van der Waals surface area contributed by atoms with Crippen LogP contribution < -0.4 is 10.6 Å². The van der Waals surface area contributed by atoms with E-state index in [9.17, 15) is 4.79 Å². The minimum Gasteiger partial charge on any atom is -0.324 e. The van der Waals surface area contributed by atoms with E-state index < -0.39 is 0 Å². The van der Waals surface area contributed by atoms with E-state index in [0.29, 0.717) is 0 Å². The number of nitrogens with one attached hydrogen (secondary N) is 2. The van der Waals surface area contributed by atoms with Gasteiger partial charge in [-0.25, -0.2) is 0 Å². The molecule has 0 saturated carbocycles. The maximum absolute atomic E-state index is 12.1. The first kappa shape index (κ1) is 15.1. The summed E-state index contributed by atoms with van der Waals surface area (Å²) in [5.74, 6) is 0.0311. The van der Waals surface area contributed by atoms with E-state index in [1.54, 1.807) is 23.1 Å². The number of carbonyl (C=O) groups is 1.